The van der Waals surface area contributed by atoms with Crippen LogP contribution in [-0.2, 0) is 4.79 Å². The lowest BCUT2D eigenvalue weighted by Gasteiger charge is -2.32. The highest BCUT2D eigenvalue weighted by molar-refractivity contribution is 7.21. The largest absolute Gasteiger partial charge is 0.439 e. The van der Waals surface area contributed by atoms with E-state index in [1.165, 1.54) is 17.4 Å². The maximum absolute atomic E-state index is 13.5. The van der Waals surface area contributed by atoms with Crippen molar-refractivity contribution in [3.63, 3.8) is 0 Å². The zero-order valence-electron chi connectivity index (χ0n) is 22.6. The quantitative estimate of drug-likeness (QED) is 0.289. The number of pyridine rings is 2. The second-order valence-corrected chi connectivity index (χ2v) is 11.0. The van der Waals surface area contributed by atoms with Gasteiger partial charge in [-0.2, -0.15) is 0 Å². The molecule has 2 N–H and O–H groups in total. The van der Waals surface area contributed by atoms with Gasteiger partial charge in [0.15, 0.2) is 0 Å². The first-order valence-electron chi connectivity index (χ1n) is 13.3. The van der Waals surface area contributed by atoms with Gasteiger partial charge >= 0.3 is 6.03 Å². The molecule has 4 aromatic rings. The average Bonchev–Trinajstić information content (AvgIpc) is 3.33. The summed E-state index contributed by atoms with van der Waals surface area (Å²) >= 11 is 1.23. The summed E-state index contributed by atoms with van der Waals surface area (Å²) in [4.78, 5) is 52.2. The lowest BCUT2D eigenvalue weighted by atomic mass is 10.1. The number of likely N-dealkylation sites (tertiary alicyclic amines) is 1. The van der Waals surface area contributed by atoms with Crippen molar-refractivity contribution in [2.45, 2.75) is 32.7 Å². The van der Waals surface area contributed by atoms with Crippen molar-refractivity contribution in [1.82, 2.24) is 20.2 Å². The molecule has 0 spiro atoms. The minimum Gasteiger partial charge on any atom is -0.439 e. The van der Waals surface area contributed by atoms with Gasteiger partial charge in [-0.25, -0.2) is 14.8 Å². The zero-order valence-corrected chi connectivity index (χ0v) is 23.5. The number of thiophene rings is 1. The molecule has 0 bridgehead atoms. The number of hydrogen-bond donors (Lipinski definition) is 2. The van der Waals surface area contributed by atoms with Crippen LogP contribution in [0.2, 0.25) is 0 Å². The Labute approximate surface area is 240 Å². The average molecular weight is 569 g/mol. The lowest BCUT2D eigenvalue weighted by Crippen LogP contribution is -2.49. The van der Waals surface area contributed by atoms with E-state index in [9.17, 15) is 14.4 Å². The number of ether oxygens (including phenoxy) is 1. The third kappa shape index (κ3) is 5.00. The number of benzene rings is 1. The highest BCUT2D eigenvalue weighted by Crippen LogP contribution is 2.46. The number of amides is 4. The van der Waals surface area contributed by atoms with Gasteiger partial charge in [-0.05, 0) is 68.7 Å². The van der Waals surface area contributed by atoms with Crippen LogP contribution in [-0.4, -0.2) is 51.8 Å². The molecule has 0 saturated carbocycles. The first-order chi connectivity index (χ1) is 19.8. The molecule has 2 aliphatic heterocycles. The van der Waals surface area contributed by atoms with Gasteiger partial charge in [-0.3, -0.25) is 14.5 Å². The topological polar surface area (TPSA) is 117 Å². The van der Waals surface area contributed by atoms with Crippen LogP contribution in [0, 0.1) is 13.8 Å². The molecule has 1 unspecified atom stereocenters. The standard InChI is InChI=1S/C30H28N6O4S/c1-4-24(37)35-14-6-8-19(16-35)33-28(38)27-26-25-22(12-13-31-29(25)41-27)36(30(39)34-26)21-11-10-20(15-17(21)2)40-23-9-5-7-18(3)32-23/h4-5,7,9-13,15,19H,1,6,8,14,16H2,2-3H3,(H,33,38)(H,34,39). The molecule has 11 heteroatoms. The molecule has 0 aliphatic carbocycles. The van der Waals surface area contributed by atoms with Crippen LogP contribution in [0.3, 0.4) is 0 Å². The van der Waals surface area contributed by atoms with Gasteiger partial charge in [-0.1, -0.05) is 12.6 Å². The molecule has 2 aliphatic rings. The Morgan fingerprint density at radius 2 is 2.05 bits per heavy atom. The Morgan fingerprint density at radius 1 is 1.20 bits per heavy atom. The van der Waals surface area contributed by atoms with E-state index in [2.05, 4.69) is 27.2 Å². The fraction of sp³-hybridized carbons (Fsp3) is 0.233. The molecule has 5 heterocycles. The molecule has 1 fully saturated rings. The fourth-order valence-corrected chi connectivity index (χ4v) is 6.32. The minimum absolute atomic E-state index is 0.149. The van der Waals surface area contributed by atoms with E-state index in [0.717, 1.165) is 24.1 Å². The predicted octanol–water partition coefficient (Wildman–Crippen LogP) is 5.69. The number of carbonyl (C=O) groups is 3. The molecule has 1 atom stereocenters. The molecular formula is C30H28N6O4S. The molecule has 10 nitrogen and oxygen atoms in total. The maximum atomic E-state index is 13.5. The third-order valence-electron chi connectivity index (χ3n) is 7.19. The van der Waals surface area contributed by atoms with Gasteiger partial charge in [0.1, 0.15) is 15.5 Å². The number of aromatic nitrogens is 2. The predicted molar refractivity (Wildman–Crippen MR) is 158 cm³/mol. The van der Waals surface area contributed by atoms with Crippen LogP contribution in [0.5, 0.6) is 11.6 Å². The first-order valence-corrected chi connectivity index (χ1v) is 14.1. The van der Waals surface area contributed by atoms with Crippen molar-refractivity contribution in [3.05, 3.63) is 77.5 Å². The summed E-state index contributed by atoms with van der Waals surface area (Å²) in [5.41, 5.74) is 3.44. The molecule has 1 aromatic carbocycles. The monoisotopic (exact) mass is 568 g/mol. The number of nitrogens with one attached hydrogen (secondary N) is 2. The van der Waals surface area contributed by atoms with Crippen molar-refractivity contribution in [3.8, 4) is 11.6 Å². The number of urea groups is 1. The molecule has 3 aromatic heterocycles. The summed E-state index contributed by atoms with van der Waals surface area (Å²) in [6.45, 7) is 8.42. The number of rotatable bonds is 6. The van der Waals surface area contributed by atoms with Crippen molar-refractivity contribution < 1.29 is 19.1 Å². The highest BCUT2D eigenvalue weighted by Gasteiger charge is 2.34. The van der Waals surface area contributed by atoms with Crippen LogP contribution in [0.25, 0.3) is 10.2 Å². The van der Waals surface area contributed by atoms with Gasteiger partial charge < -0.3 is 20.3 Å². The number of nitrogens with zero attached hydrogens (tertiary/aromatic N) is 4. The summed E-state index contributed by atoms with van der Waals surface area (Å²) in [6.07, 6.45) is 4.47. The van der Waals surface area contributed by atoms with E-state index in [0.29, 0.717) is 56.9 Å². The third-order valence-corrected chi connectivity index (χ3v) is 8.29. The molecule has 208 valence electrons. The number of carbonyl (C=O) groups excluding carboxylic acids is 3. The van der Waals surface area contributed by atoms with Gasteiger partial charge in [0, 0.05) is 37.1 Å². The molecule has 41 heavy (non-hydrogen) atoms. The number of anilines is 3. The summed E-state index contributed by atoms with van der Waals surface area (Å²) in [5.74, 6) is 0.644. The van der Waals surface area contributed by atoms with Crippen molar-refractivity contribution in [1.29, 1.82) is 0 Å². The number of aryl methyl sites for hydroxylation is 2. The molecule has 4 amide bonds. The molecule has 1 saturated heterocycles. The van der Waals surface area contributed by atoms with E-state index >= 15 is 0 Å². The van der Waals surface area contributed by atoms with E-state index < -0.39 is 0 Å². The fourth-order valence-electron chi connectivity index (χ4n) is 5.30. The highest BCUT2D eigenvalue weighted by atomic mass is 32.1. The minimum atomic E-state index is -0.380. The van der Waals surface area contributed by atoms with Gasteiger partial charge in [-0.15, -0.1) is 11.3 Å². The normalized spacial score (nSPS) is 16.3. The van der Waals surface area contributed by atoms with Gasteiger partial charge in [0.2, 0.25) is 11.8 Å². The SMILES string of the molecule is C=CC(=O)N1CCCC(NC(=O)c2sc3nccc4c3c2NC(=O)N4c2ccc(Oc3cccc(C)n3)cc2C)C1. The summed E-state index contributed by atoms with van der Waals surface area (Å²) < 4.78 is 5.93. The number of hydrogen-bond acceptors (Lipinski definition) is 7. The number of piperidine rings is 1. The second kappa shape index (κ2) is 10.7. The Hall–Kier alpha value is -4.77. The van der Waals surface area contributed by atoms with Crippen LogP contribution >= 0.6 is 11.3 Å². The molecule has 6 rings (SSSR count). The Kier molecular flexibility index (Phi) is 6.88. The van der Waals surface area contributed by atoms with Crippen molar-refractivity contribution in [2.24, 2.45) is 0 Å². The Bertz CT molecular complexity index is 1720. The van der Waals surface area contributed by atoms with E-state index in [1.807, 2.05) is 38.1 Å². The summed E-state index contributed by atoms with van der Waals surface area (Å²) in [6, 6.07) is 12.3. The molecule has 0 radical (unpaired) electrons. The zero-order chi connectivity index (χ0) is 28.7. The smallest absolute Gasteiger partial charge is 0.331 e. The van der Waals surface area contributed by atoms with E-state index in [4.69, 9.17) is 4.74 Å². The summed E-state index contributed by atoms with van der Waals surface area (Å²) in [5, 5.41) is 6.70. The van der Waals surface area contributed by atoms with Gasteiger partial charge in [0.05, 0.1) is 22.4 Å². The van der Waals surface area contributed by atoms with Crippen LogP contribution in [0.1, 0.15) is 33.8 Å². The van der Waals surface area contributed by atoms with Crippen molar-refractivity contribution >= 4 is 56.5 Å². The van der Waals surface area contributed by atoms with Crippen LogP contribution in [0.4, 0.5) is 21.9 Å². The van der Waals surface area contributed by atoms with Crippen molar-refractivity contribution in [2.75, 3.05) is 23.3 Å². The van der Waals surface area contributed by atoms with Gasteiger partial charge in [0.25, 0.3) is 5.91 Å². The van der Waals surface area contributed by atoms with E-state index in [-0.39, 0.29) is 23.9 Å². The Morgan fingerprint density at radius 3 is 2.83 bits per heavy atom. The van der Waals surface area contributed by atoms with Crippen LogP contribution < -0.4 is 20.3 Å². The lowest BCUT2D eigenvalue weighted by molar-refractivity contribution is -0.127. The summed E-state index contributed by atoms with van der Waals surface area (Å²) in [7, 11) is 0. The van der Waals surface area contributed by atoms with Crippen LogP contribution in [0.15, 0.2) is 61.3 Å². The first kappa shape index (κ1) is 26.5. The Balaban J connectivity index is 1.29. The second-order valence-electron chi connectivity index (χ2n) is 10.1. The van der Waals surface area contributed by atoms with E-state index in [1.54, 1.807) is 34.2 Å². The maximum Gasteiger partial charge on any atom is 0.331 e. The molecular weight excluding hydrogens is 540 g/mol.